The molecule has 0 bridgehead atoms. The third kappa shape index (κ3) is 3.21. The lowest BCUT2D eigenvalue weighted by Crippen LogP contribution is -2.63. The quantitative estimate of drug-likeness (QED) is 0.806. The zero-order valence-corrected chi connectivity index (χ0v) is 11.8. The van der Waals surface area contributed by atoms with Crippen LogP contribution in [-0.4, -0.2) is 60.6 Å². The summed E-state index contributed by atoms with van der Waals surface area (Å²) in [4.78, 5) is 5.33. The molecule has 17 heavy (non-hydrogen) atoms. The van der Waals surface area contributed by atoms with Crippen molar-refractivity contribution in [3.63, 3.8) is 0 Å². The Hall–Kier alpha value is -0.120. The first-order chi connectivity index (χ1) is 8.13. The van der Waals surface area contributed by atoms with Gasteiger partial charge in [-0.1, -0.05) is 6.92 Å². The highest BCUT2D eigenvalue weighted by Crippen LogP contribution is 2.25. The number of rotatable bonds is 3. The minimum Gasteiger partial charge on any atom is -0.310 e. The predicted molar refractivity (Wildman–Crippen MR) is 73.4 cm³/mol. The van der Waals surface area contributed by atoms with Crippen molar-refractivity contribution in [3.05, 3.63) is 0 Å². The molecule has 0 radical (unpaired) electrons. The standard InChI is InChI=1S/C14H29N3/c1-4-8-16-9-11-17(12-10-16)13-6-5-7-15-14(13,2)3/h13,15H,4-12H2,1-3H3. The van der Waals surface area contributed by atoms with E-state index in [2.05, 4.69) is 35.9 Å². The van der Waals surface area contributed by atoms with Gasteiger partial charge in [0, 0.05) is 37.8 Å². The Bertz CT molecular complexity index is 232. The Morgan fingerprint density at radius 2 is 1.88 bits per heavy atom. The van der Waals surface area contributed by atoms with E-state index < -0.39 is 0 Å². The molecule has 0 spiro atoms. The lowest BCUT2D eigenvalue weighted by molar-refractivity contribution is 0.0387. The molecule has 2 aliphatic heterocycles. The molecule has 0 saturated carbocycles. The molecule has 3 nitrogen and oxygen atoms in total. The molecule has 2 heterocycles. The van der Waals surface area contributed by atoms with Gasteiger partial charge in [-0.3, -0.25) is 4.90 Å². The minimum atomic E-state index is 0.297. The van der Waals surface area contributed by atoms with Gasteiger partial charge < -0.3 is 10.2 Å². The van der Waals surface area contributed by atoms with E-state index in [4.69, 9.17) is 0 Å². The van der Waals surface area contributed by atoms with Crippen LogP contribution in [0.2, 0.25) is 0 Å². The number of nitrogens with one attached hydrogen (secondary N) is 1. The van der Waals surface area contributed by atoms with Crippen molar-refractivity contribution in [1.82, 2.24) is 15.1 Å². The molecule has 0 aliphatic carbocycles. The molecule has 2 rings (SSSR count). The first-order valence-corrected chi connectivity index (χ1v) is 7.35. The van der Waals surface area contributed by atoms with Gasteiger partial charge in [0.25, 0.3) is 0 Å². The van der Waals surface area contributed by atoms with Gasteiger partial charge in [0.15, 0.2) is 0 Å². The van der Waals surface area contributed by atoms with Gasteiger partial charge in [-0.05, 0) is 46.2 Å². The number of hydrogen-bond donors (Lipinski definition) is 1. The van der Waals surface area contributed by atoms with Gasteiger partial charge in [0.05, 0.1) is 0 Å². The maximum Gasteiger partial charge on any atom is 0.0280 e. The lowest BCUT2D eigenvalue weighted by Gasteiger charge is -2.48. The molecule has 0 amide bonds. The summed E-state index contributed by atoms with van der Waals surface area (Å²) in [6, 6.07) is 0.736. The first kappa shape index (κ1) is 13.3. The lowest BCUT2D eigenvalue weighted by atomic mass is 9.85. The van der Waals surface area contributed by atoms with Crippen LogP contribution in [0.1, 0.15) is 40.0 Å². The van der Waals surface area contributed by atoms with Crippen LogP contribution in [0.15, 0.2) is 0 Å². The van der Waals surface area contributed by atoms with Gasteiger partial charge in [-0.25, -0.2) is 0 Å². The number of piperazine rings is 1. The Labute approximate surface area is 107 Å². The fourth-order valence-corrected chi connectivity index (χ4v) is 3.44. The molecular weight excluding hydrogens is 210 g/mol. The molecule has 2 saturated heterocycles. The van der Waals surface area contributed by atoms with Gasteiger partial charge in [0.2, 0.25) is 0 Å². The van der Waals surface area contributed by atoms with Gasteiger partial charge in [-0.15, -0.1) is 0 Å². The van der Waals surface area contributed by atoms with Crippen LogP contribution >= 0.6 is 0 Å². The van der Waals surface area contributed by atoms with Crippen molar-refractivity contribution >= 4 is 0 Å². The van der Waals surface area contributed by atoms with Crippen molar-refractivity contribution in [2.45, 2.75) is 51.6 Å². The highest BCUT2D eigenvalue weighted by atomic mass is 15.3. The molecule has 1 unspecified atom stereocenters. The van der Waals surface area contributed by atoms with Crippen molar-refractivity contribution in [2.24, 2.45) is 0 Å². The first-order valence-electron chi connectivity index (χ1n) is 7.35. The topological polar surface area (TPSA) is 18.5 Å². The number of nitrogens with zero attached hydrogens (tertiary/aromatic N) is 2. The molecule has 2 fully saturated rings. The van der Waals surface area contributed by atoms with E-state index in [0.717, 1.165) is 6.04 Å². The van der Waals surface area contributed by atoms with Gasteiger partial charge >= 0.3 is 0 Å². The van der Waals surface area contributed by atoms with Crippen molar-refractivity contribution in [1.29, 1.82) is 0 Å². The Morgan fingerprint density at radius 3 is 2.47 bits per heavy atom. The third-order valence-corrected chi connectivity index (χ3v) is 4.46. The van der Waals surface area contributed by atoms with Crippen LogP contribution in [0.25, 0.3) is 0 Å². The van der Waals surface area contributed by atoms with Crippen LogP contribution < -0.4 is 5.32 Å². The molecule has 0 aromatic rings. The third-order valence-electron chi connectivity index (χ3n) is 4.46. The second kappa shape index (κ2) is 5.68. The zero-order chi connectivity index (χ0) is 12.3. The van der Waals surface area contributed by atoms with Crippen LogP contribution in [0.4, 0.5) is 0 Å². The van der Waals surface area contributed by atoms with Crippen LogP contribution in [0, 0.1) is 0 Å². The highest BCUT2D eigenvalue weighted by Gasteiger charge is 2.36. The minimum absolute atomic E-state index is 0.297. The Morgan fingerprint density at radius 1 is 1.18 bits per heavy atom. The van der Waals surface area contributed by atoms with E-state index in [1.54, 1.807) is 0 Å². The summed E-state index contributed by atoms with van der Waals surface area (Å²) in [6.45, 7) is 14.5. The molecule has 1 N–H and O–H groups in total. The Balaban J connectivity index is 1.87. The van der Waals surface area contributed by atoms with Gasteiger partial charge in [0.1, 0.15) is 0 Å². The van der Waals surface area contributed by atoms with E-state index in [1.165, 1.54) is 58.5 Å². The van der Waals surface area contributed by atoms with Gasteiger partial charge in [-0.2, -0.15) is 0 Å². The predicted octanol–water partition coefficient (Wildman–Crippen LogP) is 1.54. The maximum absolute atomic E-state index is 3.69. The van der Waals surface area contributed by atoms with Crippen molar-refractivity contribution in [3.8, 4) is 0 Å². The molecule has 1 atom stereocenters. The second-order valence-electron chi connectivity index (χ2n) is 6.18. The van der Waals surface area contributed by atoms with E-state index in [-0.39, 0.29) is 0 Å². The molecule has 2 aliphatic rings. The molecule has 3 heteroatoms. The summed E-state index contributed by atoms with van der Waals surface area (Å²) < 4.78 is 0. The molecule has 0 aromatic carbocycles. The summed E-state index contributed by atoms with van der Waals surface area (Å²) in [7, 11) is 0. The number of piperidine rings is 1. The van der Waals surface area contributed by atoms with E-state index >= 15 is 0 Å². The highest BCUT2D eigenvalue weighted by molar-refractivity contribution is 4.97. The second-order valence-corrected chi connectivity index (χ2v) is 6.18. The van der Waals surface area contributed by atoms with Crippen LogP contribution in [-0.2, 0) is 0 Å². The molecule has 0 aromatic heterocycles. The van der Waals surface area contributed by atoms with Crippen LogP contribution in [0.5, 0.6) is 0 Å². The summed E-state index contributed by atoms with van der Waals surface area (Å²) in [5.41, 5.74) is 0.297. The average Bonchev–Trinajstić information content (AvgIpc) is 2.30. The molecular formula is C14H29N3. The monoisotopic (exact) mass is 239 g/mol. The van der Waals surface area contributed by atoms with E-state index in [1.807, 2.05) is 0 Å². The number of hydrogen-bond acceptors (Lipinski definition) is 3. The fourth-order valence-electron chi connectivity index (χ4n) is 3.44. The van der Waals surface area contributed by atoms with Crippen LogP contribution in [0.3, 0.4) is 0 Å². The average molecular weight is 239 g/mol. The normalized spacial score (nSPS) is 31.6. The smallest absolute Gasteiger partial charge is 0.0280 e. The fraction of sp³-hybridized carbons (Fsp3) is 1.00. The summed E-state index contributed by atoms with van der Waals surface area (Å²) in [6.07, 6.45) is 3.99. The summed E-state index contributed by atoms with van der Waals surface area (Å²) in [5.74, 6) is 0. The van der Waals surface area contributed by atoms with E-state index in [9.17, 15) is 0 Å². The Kier molecular flexibility index (Phi) is 4.45. The summed E-state index contributed by atoms with van der Waals surface area (Å²) >= 11 is 0. The van der Waals surface area contributed by atoms with Crippen molar-refractivity contribution in [2.75, 3.05) is 39.3 Å². The SMILES string of the molecule is CCCN1CCN(C2CCCNC2(C)C)CC1. The largest absolute Gasteiger partial charge is 0.310 e. The van der Waals surface area contributed by atoms with E-state index in [0.29, 0.717) is 5.54 Å². The molecule has 100 valence electrons. The van der Waals surface area contributed by atoms with Crippen molar-refractivity contribution < 1.29 is 0 Å². The maximum atomic E-state index is 3.69. The summed E-state index contributed by atoms with van der Waals surface area (Å²) in [5, 5.41) is 3.69. The zero-order valence-electron chi connectivity index (χ0n) is 11.8.